The Morgan fingerprint density at radius 1 is 1.17 bits per heavy atom. The van der Waals surface area contributed by atoms with Crippen LogP contribution in [-0.4, -0.2) is 5.78 Å². The number of halogens is 3. The first kappa shape index (κ1) is 14.8. The van der Waals surface area contributed by atoms with E-state index in [1.807, 2.05) is 0 Å². The van der Waals surface area contributed by atoms with Crippen LogP contribution in [0.4, 0.5) is 4.39 Å². The standard InChI is InChI=1S/C13H10ClFNO.BrH/c14-13-3-1-2-8-16(13)9-12(17)10-4-6-11(15)7-5-10;/h1-8H,9H2;1H/q+1;. The van der Waals surface area contributed by atoms with Crippen molar-refractivity contribution in [1.82, 2.24) is 0 Å². The summed E-state index contributed by atoms with van der Waals surface area (Å²) in [6.07, 6.45) is 1.73. The molecule has 0 spiro atoms. The van der Waals surface area contributed by atoms with Crippen molar-refractivity contribution in [2.75, 3.05) is 0 Å². The number of Topliss-reactive ketones (excluding diaryl/α,β-unsaturated/α-hetero) is 1. The van der Waals surface area contributed by atoms with Gasteiger partial charge < -0.3 is 0 Å². The lowest BCUT2D eigenvalue weighted by molar-refractivity contribution is -0.681. The number of ketones is 1. The van der Waals surface area contributed by atoms with Gasteiger partial charge in [-0.25, -0.2) is 4.39 Å². The van der Waals surface area contributed by atoms with Crippen LogP contribution >= 0.6 is 28.6 Å². The third kappa shape index (κ3) is 3.62. The molecular weight excluding hydrogens is 321 g/mol. The number of benzene rings is 1. The molecule has 5 heteroatoms. The van der Waals surface area contributed by atoms with E-state index in [9.17, 15) is 9.18 Å². The van der Waals surface area contributed by atoms with Gasteiger partial charge in [-0.05, 0) is 41.9 Å². The number of hydrogen-bond donors (Lipinski definition) is 0. The van der Waals surface area contributed by atoms with Gasteiger partial charge in [-0.1, -0.05) is 0 Å². The maximum absolute atomic E-state index is 12.7. The van der Waals surface area contributed by atoms with Crippen molar-refractivity contribution in [3.8, 4) is 0 Å². The predicted octanol–water partition coefficient (Wildman–Crippen LogP) is 3.23. The van der Waals surface area contributed by atoms with Gasteiger partial charge in [0.25, 0.3) is 5.15 Å². The molecule has 0 amide bonds. The number of aromatic nitrogens is 1. The maximum atomic E-state index is 12.7. The molecule has 0 aliphatic rings. The summed E-state index contributed by atoms with van der Waals surface area (Å²) >= 11 is 5.93. The van der Waals surface area contributed by atoms with Crippen molar-refractivity contribution in [3.05, 3.63) is 65.2 Å². The Hall–Kier alpha value is -1.26. The third-order valence-electron chi connectivity index (χ3n) is 2.37. The van der Waals surface area contributed by atoms with E-state index < -0.39 is 0 Å². The molecule has 1 aromatic carbocycles. The molecule has 0 N–H and O–H groups in total. The van der Waals surface area contributed by atoms with Gasteiger partial charge in [0.15, 0.2) is 6.20 Å². The van der Waals surface area contributed by atoms with Crippen LogP contribution in [0.1, 0.15) is 10.4 Å². The van der Waals surface area contributed by atoms with Crippen molar-refractivity contribution in [3.63, 3.8) is 0 Å². The molecule has 0 unspecified atom stereocenters. The van der Waals surface area contributed by atoms with Gasteiger partial charge in [0.1, 0.15) is 5.82 Å². The normalized spacial score (nSPS) is 9.67. The van der Waals surface area contributed by atoms with E-state index >= 15 is 0 Å². The lowest BCUT2D eigenvalue weighted by Crippen LogP contribution is -2.38. The topological polar surface area (TPSA) is 20.9 Å². The quantitative estimate of drug-likeness (QED) is 0.480. The zero-order chi connectivity index (χ0) is 12.3. The lowest BCUT2D eigenvalue weighted by atomic mass is 10.1. The Morgan fingerprint density at radius 3 is 2.44 bits per heavy atom. The second-order valence-corrected chi connectivity index (χ2v) is 3.97. The van der Waals surface area contributed by atoms with Gasteiger partial charge in [0, 0.05) is 17.7 Å². The van der Waals surface area contributed by atoms with Crippen molar-refractivity contribution in [1.29, 1.82) is 0 Å². The van der Waals surface area contributed by atoms with Crippen LogP contribution in [0.5, 0.6) is 0 Å². The highest BCUT2D eigenvalue weighted by atomic mass is 79.9. The number of carbonyl (C=O) groups excluding carboxylic acids is 1. The highest BCUT2D eigenvalue weighted by Crippen LogP contribution is 2.05. The highest BCUT2D eigenvalue weighted by molar-refractivity contribution is 8.93. The Kier molecular flexibility index (Phi) is 5.44. The van der Waals surface area contributed by atoms with Gasteiger partial charge in [-0.3, -0.25) is 4.79 Å². The Balaban J connectivity index is 0.00000162. The van der Waals surface area contributed by atoms with E-state index in [0.29, 0.717) is 10.7 Å². The fourth-order valence-electron chi connectivity index (χ4n) is 1.47. The van der Waals surface area contributed by atoms with E-state index in [0.717, 1.165) is 0 Å². The molecule has 2 rings (SSSR count). The summed E-state index contributed by atoms with van der Waals surface area (Å²) in [5, 5.41) is 0.489. The summed E-state index contributed by atoms with van der Waals surface area (Å²) in [5.74, 6) is -0.463. The first-order chi connectivity index (χ1) is 8.16. The highest BCUT2D eigenvalue weighted by Gasteiger charge is 2.14. The number of pyridine rings is 1. The van der Waals surface area contributed by atoms with Crippen LogP contribution in [0.3, 0.4) is 0 Å². The van der Waals surface area contributed by atoms with Crippen molar-refractivity contribution >= 4 is 34.4 Å². The fraction of sp³-hybridized carbons (Fsp3) is 0.0769. The minimum absolute atomic E-state index is 0. The lowest BCUT2D eigenvalue weighted by Gasteiger charge is -1.99. The van der Waals surface area contributed by atoms with E-state index in [-0.39, 0.29) is 35.1 Å². The van der Waals surface area contributed by atoms with Gasteiger partial charge >= 0.3 is 0 Å². The molecule has 0 bridgehead atoms. The molecule has 0 atom stereocenters. The summed E-state index contributed by atoms with van der Waals surface area (Å²) in [6.45, 7) is 0.144. The molecule has 0 radical (unpaired) electrons. The first-order valence-electron chi connectivity index (χ1n) is 5.09. The smallest absolute Gasteiger partial charge is 0.275 e. The maximum Gasteiger partial charge on any atom is 0.275 e. The molecule has 18 heavy (non-hydrogen) atoms. The molecule has 0 aliphatic heterocycles. The Bertz CT molecular complexity index is 545. The molecule has 2 aromatic rings. The van der Waals surface area contributed by atoms with E-state index in [2.05, 4.69) is 0 Å². The van der Waals surface area contributed by atoms with Crippen LogP contribution in [0, 0.1) is 5.82 Å². The molecule has 0 saturated carbocycles. The molecule has 0 aliphatic carbocycles. The Morgan fingerprint density at radius 2 is 1.83 bits per heavy atom. The number of rotatable bonds is 3. The summed E-state index contributed by atoms with van der Waals surface area (Å²) < 4.78 is 14.3. The summed E-state index contributed by atoms with van der Waals surface area (Å²) in [7, 11) is 0. The molecule has 0 saturated heterocycles. The monoisotopic (exact) mass is 330 g/mol. The zero-order valence-electron chi connectivity index (χ0n) is 9.35. The van der Waals surface area contributed by atoms with E-state index in [4.69, 9.17) is 11.6 Å². The minimum atomic E-state index is -0.355. The predicted molar refractivity (Wildman–Crippen MR) is 72.7 cm³/mol. The largest absolute Gasteiger partial charge is 0.287 e. The fourth-order valence-corrected chi connectivity index (χ4v) is 1.65. The van der Waals surface area contributed by atoms with E-state index in [1.54, 1.807) is 29.0 Å². The van der Waals surface area contributed by atoms with E-state index in [1.165, 1.54) is 24.3 Å². The molecule has 1 heterocycles. The van der Waals surface area contributed by atoms with Crippen molar-refractivity contribution < 1.29 is 13.8 Å². The molecule has 2 nitrogen and oxygen atoms in total. The zero-order valence-corrected chi connectivity index (χ0v) is 11.8. The van der Waals surface area contributed by atoms with Gasteiger partial charge in [-0.15, -0.1) is 17.0 Å². The van der Waals surface area contributed by atoms with Gasteiger partial charge in [0.2, 0.25) is 12.3 Å². The van der Waals surface area contributed by atoms with Crippen LogP contribution in [-0.2, 0) is 6.54 Å². The Labute approximate surface area is 120 Å². The summed E-state index contributed by atoms with van der Waals surface area (Å²) in [4.78, 5) is 11.9. The number of nitrogens with zero attached hydrogens (tertiary/aromatic N) is 1. The van der Waals surface area contributed by atoms with Gasteiger partial charge in [-0.2, -0.15) is 4.57 Å². The van der Waals surface area contributed by atoms with Gasteiger partial charge in [0.05, 0.1) is 0 Å². The van der Waals surface area contributed by atoms with Crippen LogP contribution in [0.2, 0.25) is 5.15 Å². The average Bonchev–Trinajstić information content (AvgIpc) is 2.33. The first-order valence-corrected chi connectivity index (χ1v) is 5.47. The average molecular weight is 332 g/mol. The summed E-state index contributed by atoms with van der Waals surface area (Å²) in [5.41, 5.74) is 0.471. The second-order valence-electron chi connectivity index (χ2n) is 3.58. The van der Waals surface area contributed by atoms with Crippen molar-refractivity contribution in [2.24, 2.45) is 0 Å². The molecular formula is C13H11BrClFNO+. The number of carbonyl (C=O) groups is 1. The van der Waals surface area contributed by atoms with Crippen LogP contribution < -0.4 is 4.57 Å². The van der Waals surface area contributed by atoms with Crippen LogP contribution in [0.25, 0.3) is 0 Å². The summed E-state index contributed by atoms with van der Waals surface area (Å²) in [6, 6.07) is 10.8. The molecule has 0 fully saturated rings. The number of hydrogen-bond acceptors (Lipinski definition) is 1. The molecule has 94 valence electrons. The van der Waals surface area contributed by atoms with Crippen LogP contribution in [0.15, 0.2) is 48.7 Å². The SMILES string of the molecule is Br.O=C(C[n+]1ccccc1Cl)c1ccc(F)cc1. The minimum Gasteiger partial charge on any atom is -0.287 e. The second kappa shape index (κ2) is 6.61. The third-order valence-corrected chi connectivity index (χ3v) is 2.71. The molecule has 1 aromatic heterocycles. The van der Waals surface area contributed by atoms with Crippen molar-refractivity contribution in [2.45, 2.75) is 6.54 Å².